The van der Waals surface area contributed by atoms with Crippen LogP contribution in [-0.2, 0) is 6.42 Å². The number of pyridine rings is 1. The summed E-state index contributed by atoms with van der Waals surface area (Å²) in [6, 6.07) is 3.68. The Morgan fingerprint density at radius 3 is 2.78 bits per heavy atom. The highest BCUT2D eigenvalue weighted by molar-refractivity contribution is 7.14. The van der Waals surface area contributed by atoms with Gasteiger partial charge in [0, 0.05) is 17.3 Å². The van der Waals surface area contributed by atoms with Gasteiger partial charge in [0.05, 0.1) is 17.0 Å². The van der Waals surface area contributed by atoms with Gasteiger partial charge in [-0.1, -0.05) is 20.8 Å². The first kappa shape index (κ1) is 15.7. The van der Waals surface area contributed by atoms with Crippen molar-refractivity contribution in [2.45, 2.75) is 40.0 Å². The van der Waals surface area contributed by atoms with Crippen molar-refractivity contribution in [1.29, 1.82) is 0 Å². The number of anilines is 1. The van der Waals surface area contributed by atoms with Crippen molar-refractivity contribution in [3.63, 3.8) is 0 Å². The minimum atomic E-state index is -0.150. The fourth-order valence-electron chi connectivity index (χ4n) is 2.46. The number of amides is 1. The molecule has 3 aromatic rings. The zero-order chi connectivity index (χ0) is 16.6. The molecule has 0 spiro atoms. The maximum Gasteiger partial charge on any atom is 0.258 e. The summed E-state index contributed by atoms with van der Waals surface area (Å²) in [5.74, 6) is 0.206. The minimum Gasteiger partial charge on any atom is -0.303 e. The Morgan fingerprint density at radius 2 is 2.13 bits per heavy atom. The first-order valence-electron chi connectivity index (χ1n) is 7.74. The second-order valence-corrected chi connectivity index (χ2v) is 6.69. The highest BCUT2D eigenvalue weighted by Crippen LogP contribution is 2.22. The number of fused-ring (bicyclic) bond motifs is 1. The molecular formula is C17H20N4OS. The van der Waals surface area contributed by atoms with E-state index in [1.165, 1.54) is 11.3 Å². The molecule has 0 aliphatic rings. The van der Waals surface area contributed by atoms with Crippen molar-refractivity contribution in [3.05, 3.63) is 46.4 Å². The molecule has 0 unspecified atom stereocenters. The van der Waals surface area contributed by atoms with Crippen LogP contribution in [0.2, 0.25) is 0 Å². The molecule has 3 heterocycles. The molecule has 6 heteroatoms. The van der Waals surface area contributed by atoms with E-state index in [1.807, 2.05) is 29.0 Å². The standard InChI is InChI=1S/C17H20N4OS/c1-5-13-11(4)21-8-12(6-7-15(21)18-13)16(22)20-17-19-14(9-23-17)10(2)3/h6-10H,5H2,1-4H3,(H,19,20,22). The van der Waals surface area contributed by atoms with Crippen molar-refractivity contribution in [2.75, 3.05) is 5.32 Å². The number of nitrogens with one attached hydrogen (secondary N) is 1. The van der Waals surface area contributed by atoms with E-state index in [0.29, 0.717) is 16.6 Å². The van der Waals surface area contributed by atoms with Crippen molar-refractivity contribution in [1.82, 2.24) is 14.4 Å². The number of imidazole rings is 1. The van der Waals surface area contributed by atoms with Gasteiger partial charge in [0.15, 0.2) is 5.13 Å². The zero-order valence-corrected chi connectivity index (χ0v) is 14.6. The number of nitrogens with zero attached hydrogens (tertiary/aromatic N) is 3. The molecule has 0 atom stereocenters. The molecule has 23 heavy (non-hydrogen) atoms. The van der Waals surface area contributed by atoms with Gasteiger partial charge in [0.25, 0.3) is 5.91 Å². The van der Waals surface area contributed by atoms with Crippen LogP contribution in [0.5, 0.6) is 0 Å². The molecule has 120 valence electrons. The fraction of sp³-hybridized carbons (Fsp3) is 0.353. The van der Waals surface area contributed by atoms with Crippen LogP contribution in [0.3, 0.4) is 0 Å². The van der Waals surface area contributed by atoms with Gasteiger partial charge in [-0.2, -0.15) is 0 Å². The number of aryl methyl sites for hydroxylation is 2. The second kappa shape index (κ2) is 6.12. The average Bonchev–Trinajstić information content (AvgIpc) is 3.12. The summed E-state index contributed by atoms with van der Waals surface area (Å²) in [5.41, 5.74) is 4.60. The lowest BCUT2D eigenvalue weighted by molar-refractivity contribution is 0.102. The summed E-state index contributed by atoms with van der Waals surface area (Å²) in [5, 5.41) is 5.49. The Balaban J connectivity index is 1.86. The number of thiazole rings is 1. The van der Waals surface area contributed by atoms with E-state index in [2.05, 4.69) is 36.1 Å². The second-order valence-electron chi connectivity index (χ2n) is 5.83. The summed E-state index contributed by atoms with van der Waals surface area (Å²) in [4.78, 5) is 21.4. The maximum atomic E-state index is 12.4. The molecular weight excluding hydrogens is 308 g/mol. The van der Waals surface area contributed by atoms with Crippen molar-refractivity contribution in [2.24, 2.45) is 0 Å². The smallest absolute Gasteiger partial charge is 0.258 e. The van der Waals surface area contributed by atoms with Gasteiger partial charge in [-0.3, -0.25) is 10.1 Å². The lowest BCUT2D eigenvalue weighted by Crippen LogP contribution is -2.12. The van der Waals surface area contributed by atoms with Crippen LogP contribution in [0.25, 0.3) is 5.65 Å². The molecule has 0 saturated heterocycles. The monoisotopic (exact) mass is 328 g/mol. The van der Waals surface area contributed by atoms with Crippen molar-refractivity contribution < 1.29 is 4.79 Å². The summed E-state index contributed by atoms with van der Waals surface area (Å²) in [6.45, 7) is 8.27. The first-order valence-corrected chi connectivity index (χ1v) is 8.62. The van der Waals surface area contributed by atoms with Gasteiger partial charge < -0.3 is 4.40 Å². The predicted molar refractivity (Wildman–Crippen MR) is 93.5 cm³/mol. The number of hydrogen-bond acceptors (Lipinski definition) is 4. The summed E-state index contributed by atoms with van der Waals surface area (Å²) >= 11 is 1.45. The lowest BCUT2D eigenvalue weighted by atomic mass is 10.2. The Labute approximate surface area is 139 Å². The largest absolute Gasteiger partial charge is 0.303 e. The molecule has 3 rings (SSSR count). The molecule has 1 N–H and O–H groups in total. The number of hydrogen-bond donors (Lipinski definition) is 1. The minimum absolute atomic E-state index is 0.150. The van der Waals surface area contributed by atoms with Gasteiger partial charge in [0.1, 0.15) is 5.65 Å². The van der Waals surface area contributed by atoms with Gasteiger partial charge >= 0.3 is 0 Å². The molecule has 0 fully saturated rings. The summed E-state index contributed by atoms with van der Waals surface area (Å²) in [6.07, 6.45) is 2.72. The van der Waals surface area contributed by atoms with E-state index in [1.54, 1.807) is 6.07 Å². The quantitative estimate of drug-likeness (QED) is 0.786. The molecule has 3 aromatic heterocycles. The lowest BCUT2D eigenvalue weighted by Gasteiger charge is -2.04. The van der Waals surface area contributed by atoms with Crippen molar-refractivity contribution in [3.8, 4) is 0 Å². The number of carbonyl (C=O) groups excluding carboxylic acids is 1. The van der Waals surface area contributed by atoms with E-state index in [9.17, 15) is 4.79 Å². The predicted octanol–water partition coefficient (Wildman–Crippen LogP) is 4.04. The van der Waals surface area contributed by atoms with Crippen molar-refractivity contribution >= 4 is 28.0 Å². The SMILES string of the molecule is CCc1nc2ccc(C(=O)Nc3nc(C(C)C)cs3)cn2c1C. The van der Waals surface area contributed by atoms with Crippen LogP contribution >= 0.6 is 11.3 Å². The Morgan fingerprint density at radius 1 is 1.35 bits per heavy atom. The molecule has 0 bridgehead atoms. The van der Waals surface area contributed by atoms with E-state index in [-0.39, 0.29) is 5.91 Å². The normalized spacial score (nSPS) is 11.3. The molecule has 0 aliphatic carbocycles. The van der Waals surface area contributed by atoms with Crippen LogP contribution in [0.15, 0.2) is 23.7 Å². The van der Waals surface area contributed by atoms with Crippen LogP contribution in [0.1, 0.15) is 54.1 Å². The maximum absolute atomic E-state index is 12.4. The topological polar surface area (TPSA) is 59.3 Å². The van der Waals surface area contributed by atoms with Crippen LogP contribution in [-0.4, -0.2) is 20.3 Å². The number of aromatic nitrogens is 3. The van der Waals surface area contributed by atoms with Gasteiger partial charge in [-0.15, -0.1) is 11.3 Å². The molecule has 0 aliphatic heterocycles. The van der Waals surface area contributed by atoms with Crippen LogP contribution in [0, 0.1) is 6.92 Å². The summed E-state index contributed by atoms with van der Waals surface area (Å²) in [7, 11) is 0. The molecule has 1 amide bonds. The molecule has 0 saturated carbocycles. The Kier molecular flexibility index (Phi) is 4.17. The third kappa shape index (κ3) is 2.99. The van der Waals surface area contributed by atoms with Gasteiger partial charge in [-0.05, 0) is 31.4 Å². The zero-order valence-electron chi connectivity index (χ0n) is 13.8. The Bertz CT molecular complexity index is 863. The highest BCUT2D eigenvalue weighted by Gasteiger charge is 2.13. The van der Waals surface area contributed by atoms with Gasteiger partial charge in [0.2, 0.25) is 0 Å². The third-order valence-corrected chi connectivity index (χ3v) is 4.66. The Hall–Kier alpha value is -2.21. The van der Waals surface area contributed by atoms with E-state index in [0.717, 1.165) is 29.1 Å². The van der Waals surface area contributed by atoms with E-state index >= 15 is 0 Å². The van der Waals surface area contributed by atoms with Gasteiger partial charge in [-0.25, -0.2) is 9.97 Å². The van der Waals surface area contributed by atoms with Crippen LogP contribution < -0.4 is 5.32 Å². The highest BCUT2D eigenvalue weighted by atomic mass is 32.1. The molecule has 5 nitrogen and oxygen atoms in total. The summed E-state index contributed by atoms with van der Waals surface area (Å²) < 4.78 is 1.97. The number of rotatable bonds is 4. The molecule has 0 radical (unpaired) electrons. The third-order valence-electron chi connectivity index (χ3n) is 3.89. The van der Waals surface area contributed by atoms with E-state index < -0.39 is 0 Å². The average molecular weight is 328 g/mol. The first-order chi connectivity index (χ1) is 11.0. The molecule has 0 aromatic carbocycles. The van der Waals surface area contributed by atoms with Crippen LogP contribution in [0.4, 0.5) is 5.13 Å². The number of carbonyl (C=O) groups is 1. The van der Waals surface area contributed by atoms with E-state index in [4.69, 9.17) is 0 Å². The fourth-order valence-corrected chi connectivity index (χ4v) is 3.33.